The van der Waals surface area contributed by atoms with Crippen LogP contribution in [0.2, 0.25) is 0 Å². The van der Waals surface area contributed by atoms with Gasteiger partial charge < -0.3 is 14.4 Å². The Bertz CT molecular complexity index is 787. The molecule has 7 nitrogen and oxygen atoms in total. The molecule has 0 radical (unpaired) electrons. The number of carbonyl (C=O) groups excluding carboxylic acids is 1. The number of aromatic nitrogens is 2. The molecule has 1 aromatic carbocycles. The number of hydrogen-bond acceptors (Lipinski definition) is 4. The van der Waals surface area contributed by atoms with Crippen molar-refractivity contribution in [3.63, 3.8) is 0 Å². The second-order valence-corrected chi connectivity index (χ2v) is 7.24. The zero-order valence-electron chi connectivity index (χ0n) is 16.4. The van der Waals surface area contributed by atoms with E-state index in [-0.39, 0.29) is 12.1 Å². The quantitative estimate of drug-likeness (QED) is 0.834. The third kappa shape index (κ3) is 4.53. The molecule has 0 spiro atoms. The molecule has 1 atom stereocenters. The van der Waals surface area contributed by atoms with Crippen molar-refractivity contribution in [3.8, 4) is 11.5 Å². The van der Waals surface area contributed by atoms with Crippen LogP contribution in [0.1, 0.15) is 38.8 Å². The van der Waals surface area contributed by atoms with E-state index in [0.717, 1.165) is 30.0 Å². The Kier molecular flexibility index (Phi) is 5.88. The molecule has 3 rings (SSSR count). The fourth-order valence-electron chi connectivity index (χ4n) is 2.91. The minimum atomic E-state index is -0.177. The molecule has 146 valence electrons. The maximum Gasteiger partial charge on any atom is 0.323 e. The molecule has 1 N–H and O–H groups in total. The lowest BCUT2D eigenvalue weighted by molar-refractivity contribution is 0.170. The van der Waals surface area contributed by atoms with Crippen LogP contribution in [0.15, 0.2) is 30.5 Å². The maximum atomic E-state index is 12.7. The number of nitrogens with one attached hydrogen (secondary N) is 1. The highest BCUT2D eigenvalue weighted by atomic mass is 16.6. The Morgan fingerprint density at radius 2 is 1.96 bits per heavy atom. The van der Waals surface area contributed by atoms with E-state index in [9.17, 15) is 4.79 Å². The van der Waals surface area contributed by atoms with E-state index in [0.29, 0.717) is 24.9 Å². The second kappa shape index (κ2) is 8.33. The van der Waals surface area contributed by atoms with Crippen molar-refractivity contribution in [2.45, 2.75) is 39.8 Å². The molecule has 0 saturated heterocycles. The van der Waals surface area contributed by atoms with Crippen molar-refractivity contribution in [1.29, 1.82) is 0 Å². The van der Waals surface area contributed by atoms with Gasteiger partial charge in [-0.05, 0) is 37.0 Å². The van der Waals surface area contributed by atoms with Crippen molar-refractivity contribution < 1.29 is 14.3 Å². The standard InChI is InChI=1S/C20H28N4O3/c1-14(2)8-10-24-19(7-9-21-24)22-20(25)23(4)15(3)16-5-6-17-18(13-16)27-12-11-26-17/h5-7,9,13-15H,8,10-12H2,1-4H3,(H,22,25). The van der Waals surface area contributed by atoms with Crippen molar-refractivity contribution in [2.75, 3.05) is 25.6 Å². The van der Waals surface area contributed by atoms with Crippen LogP contribution < -0.4 is 14.8 Å². The summed E-state index contributed by atoms with van der Waals surface area (Å²) in [6.07, 6.45) is 2.72. The first-order chi connectivity index (χ1) is 13.0. The molecule has 0 aliphatic carbocycles. The lowest BCUT2D eigenvalue weighted by Crippen LogP contribution is -2.34. The molecular weight excluding hydrogens is 344 g/mol. The predicted octanol–water partition coefficient (Wildman–Crippen LogP) is 3.93. The van der Waals surface area contributed by atoms with Gasteiger partial charge in [0.2, 0.25) is 0 Å². The Morgan fingerprint density at radius 3 is 2.70 bits per heavy atom. The summed E-state index contributed by atoms with van der Waals surface area (Å²) in [5, 5.41) is 7.26. The highest BCUT2D eigenvalue weighted by Crippen LogP contribution is 2.33. The van der Waals surface area contributed by atoms with E-state index in [1.165, 1.54) is 0 Å². The molecule has 1 aliphatic heterocycles. The van der Waals surface area contributed by atoms with Gasteiger partial charge in [-0.15, -0.1) is 0 Å². The van der Waals surface area contributed by atoms with Crippen molar-refractivity contribution in [2.24, 2.45) is 5.92 Å². The average molecular weight is 372 g/mol. The van der Waals surface area contributed by atoms with E-state index in [1.807, 2.05) is 35.9 Å². The molecule has 2 aromatic rings. The number of benzene rings is 1. The van der Waals surface area contributed by atoms with Gasteiger partial charge in [0.15, 0.2) is 11.5 Å². The number of anilines is 1. The van der Waals surface area contributed by atoms with Crippen LogP contribution in [0, 0.1) is 5.92 Å². The van der Waals surface area contributed by atoms with Crippen LogP contribution >= 0.6 is 0 Å². The van der Waals surface area contributed by atoms with Gasteiger partial charge in [-0.1, -0.05) is 19.9 Å². The first-order valence-corrected chi connectivity index (χ1v) is 9.41. The Hall–Kier alpha value is -2.70. The number of urea groups is 1. The van der Waals surface area contributed by atoms with Crippen molar-refractivity contribution in [3.05, 3.63) is 36.0 Å². The van der Waals surface area contributed by atoms with E-state index >= 15 is 0 Å². The molecule has 1 unspecified atom stereocenters. The van der Waals surface area contributed by atoms with Crippen LogP contribution in [0.4, 0.5) is 10.6 Å². The van der Waals surface area contributed by atoms with Crippen LogP contribution in [0.5, 0.6) is 11.5 Å². The third-order valence-electron chi connectivity index (χ3n) is 4.82. The second-order valence-electron chi connectivity index (χ2n) is 7.24. The highest BCUT2D eigenvalue weighted by molar-refractivity contribution is 5.88. The van der Waals surface area contributed by atoms with Gasteiger partial charge in [0.1, 0.15) is 19.0 Å². The molecule has 1 aromatic heterocycles. The Labute approximate surface area is 160 Å². The van der Waals surface area contributed by atoms with Crippen LogP contribution in [-0.2, 0) is 6.54 Å². The number of amides is 2. The van der Waals surface area contributed by atoms with Gasteiger partial charge in [0, 0.05) is 19.7 Å². The van der Waals surface area contributed by atoms with Crippen LogP contribution in [0.25, 0.3) is 0 Å². The smallest absolute Gasteiger partial charge is 0.323 e. The topological polar surface area (TPSA) is 68.6 Å². The van der Waals surface area contributed by atoms with Gasteiger partial charge in [-0.3, -0.25) is 5.32 Å². The highest BCUT2D eigenvalue weighted by Gasteiger charge is 2.21. The molecule has 0 bridgehead atoms. The van der Waals surface area contributed by atoms with E-state index in [2.05, 4.69) is 24.3 Å². The summed E-state index contributed by atoms with van der Waals surface area (Å²) in [5.74, 6) is 2.77. The molecule has 27 heavy (non-hydrogen) atoms. The SMILES string of the molecule is CC(C)CCn1nccc1NC(=O)N(C)C(C)c1ccc2c(c1)OCCO2. The number of fused-ring (bicyclic) bond motifs is 1. The number of ether oxygens (including phenoxy) is 2. The zero-order chi connectivity index (χ0) is 19.4. The summed E-state index contributed by atoms with van der Waals surface area (Å²) in [7, 11) is 1.78. The van der Waals surface area contributed by atoms with Crippen LogP contribution in [0.3, 0.4) is 0 Å². The van der Waals surface area contributed by atoms with Crippen molar-refractivity contribution in [1.82, 2.24) is 14.7 Å². The molecule has 2 heterocycles. The minimum Gasteiger partial charge on any atom is -0.486 e. The summed E-state index contributed by atoms with van der Waals surface area (Å²) in [6.45, 7) is 8.22. The first-order valence-electron chi connectivity index (χ1n) is 9.41. The molecule has 1 aliphatic rings. The Morgan fingerprint density at radius 1 is 1.22 bits per heavy atom. The van der Waals surface area contributed by atoms with Gasteiger partial charge in [-0.25, -0.2) is 9.48 Å². The summed E-state index contributed by atoms with van der Waals surface area (Å²) < 4.78 is 13.0. The molecule has 0 saturated carbocycles. The largest absolute Gasteiger partial charge is 0.486 e. The van der Waals surface area contributed by atoms with Gasteiger partial charge >= 0.3 is 6.03 Å². The Balaban J connectivity index is 1.66. The fraction of sp³-hybridized carbons (Fsp3) is 0.500. The third-order valence-corrected chi connectivity index (χ3v) is 4.82. The van der Waals surface area contributed by atoms with E-state index in [4.69, 9.17) is 9.47 Å². The number of nitrogens with zero attached hydrogens (tertiary/aromatic N) is 3. The molecule has 0 fully saturated rings. The van der Waals surface area contributed by atoms with E-state index in [1.54, 1.807) is 18.1 Å². The minimum absolute atomic E-state index is 0.118. The normalized spacial score (nSPS) is 14.1. The molecular formula is C20H28N4O3. The average Bonchev–Trinajstić information content (AvgIpc) is 3.11. The maximum absolute atomic E-state index is 12.7. The van der Waals surface area contributed by atoms with Gasteiger partial charge in [0.05, 0.1) is 12.2 Å². The molecule has 2 amide bonds. The molecule has 7 heteroatoms. The lowest BCUT2D eigenvalue weighted by atomic mass is 10.1. The summed E-state index contributed by atoms with van der Waals surface area (Å²) in [4.78, 5) is 14.4. The van der Waals surface area contributed by atoms with Gasteiger partial charge in [-0.2, -0.15) is 5.10 Å². The zero-order valence-corrected chi connectivity index (χ0v) is 16.4. The fourth-order valence-corrected chi connectivity index (χ4v) is 2.91. The number of aryl methyl sites for hydroxylation is 1. The van der Waals surface area contributed by atoms with E-state index < -0.39 is 0 Å². The van der Waals surface area contributed by atoms with Gasteiger partial charge in [0.25, 0.3) is 0 Å². The summed E-state index contributed by atoms with van der Waals surface area (Å²) in [5.41, 5.74) is 0.991. The lowest BCUT2D eigenvalue weighted by Gasteiger charge is -2.27. The number of carbonyl (C=O) groups is 1. The summed E-state index contributed by atoms with van der Waals surface area (Å²) in [6, 6.07) is 7.33. The monoisotopic (exact) mass is 372 g/mol. The number of rotatable bonds is 6. The summed E-state index contributed by atoms with van der Waals surface area (Å²) >= 11 is 0. The van der Waals surface area contributed by atoms with Crippen LogP contribution in [-0.4, -0.2) is 41.0 Å². The van der Waals surface area contributed by atoms with Crippen molar-refractivity contribution >= 4 is 11.8 Å². The first kappa shape index (κ1) is 19.1. The predicted molar refractivity (Wildman–Crippen MR) is 104 cm³/mol. The number of hydrogen-bond donors (Lipinski definition) is 1.